The van der Waals surface area contributed by atoms with E-state index in [9.17, 15) is 9.18 Å². The SMILES string of the molecule is CCN(C(=O)c1cc(N)ccc1F)c1ccccc1C. The number of nitrogen functional groups attached to an aromatic ring is 1. The highest BCUT2D eigenvalue weighted by atomic mass is 19.1. The second-order valence-electron chi connectivity index (χ2n) is 4.58. The van der Waals surface area contributed by atoms with Gasteiger partial charge in [0.15, 0.2) is 0 Å². The summed E-state index contributed by atoms with van der Waals surface area (Å²) in [4.78, 5) is 14.1. The van der Waals surface area contributed by atoms with E-state index in [1.165, 1.54) is 18.2 Å². The van der Waals surface area contributed by atoms with Gasteiger partial charge < -0.3 is 10.6 Å². The van der Waals surface area contributed by atoms with Crippen molar-refractivity contribution < 1.29 is 9.18 Å². The van der Waals surface area contributed by atoms with Gasteiger partial charge in [-0.2, -0.15) is 0 Å². The topological polar surface area (TPSA) is 46.3 Å². The van der Waals surface area contributed by atoms with Gasteiger partial charge in [0.2, 0.25) is 0 Å². The first-order valence-electron chi connectivity index (χ1n) is 6.47. The molecule has 2 rings (SSSR count). The summed E-state index contributed by atoms with van der Waals surface area (Å²) >= 11 is 0. The molecule has 0 atom stereocenters. The molecule has 0 saturated carbocycles. The number of nitrogens with zero attached hydrogens (tertiary/aromatic N) is 1. The van der Waals surface area contributed by atoms with Crippen LogP contribution < -0.4 is 10.6 Å². The van der Waals surface area contributed by atoms with Gasteiger partial charge in [0.1, 0.15) is 5.82 Å². The number of halogens is 1. The van der Waals surface area contributed by atoms with Crippen LogP contribution in [0.4, 0.5) is 15.8 Å². The lowest BCUT2D eigenvalue weighted by Gasteiger charge is -2.23. The minimum atomic E-state index is -0.559. The van der Waals surface area contributed by atoms with E-state index in [1.54, 1.807) is 4.90 Å². The largest absolute Gasteiger partial charge is 0.399 e. The molecule has 1 amide bonds. The van der Waals surface area contributed by atoms with Crippen molar-refractivity contribution in [1.29, 1.82) is 0 Å². The molecular weight excluding hydrogens is 255 g/mol. The molecule has 0 unspecified atom stereocenters. The van der Waals surface area contributed by atoms with Crippen LogP contribution in [0.1, 0.15) is 22.8 Å². The van der Waals surface area contributed by atoms with Crippen molar-refractivity contribution in [3.8, 4) is 0 Å². The van der Waals surface area contributed by atoms with Gasteiger partial charge in [0.25, 0.3) is 5.91 Å². The molecule has 20 heavy (non-hydrogen) atoms. The predicted octanol–water partition coefficient (Wildman–Crippen LogP) is 3.38. The number of aryl methyl sites for hydroxylation is 1. The molecule has 0 saturated heterocycles. The van der Waals surface area contributed by atoms with Crippen LogP contribution >= 0.6 is 0 Å². The number of hydrogen-bond acceptors (Lipinski definition) is 2. The summed E-state index contributed by atoms with van der Waals surface area (Å²) in [6, 6.07) is 11.6. The van der Waals surface area contributed by atoms with Crippen molar-refractivity contribution in [2.45, 2.75) is 13.8 Å². The monoisotopic (exact) mass is 272 g/mol. The maximum Gasteiger partial charge on any atom is 0.261 e. The van der Waals surface area contributed by atoms with E-state index in [4.69, 9.17) is 5.73 Å². The fourth-order valence-corrected chi connectivity index (χ4v) is 2.14. The van der Waals surface area contributed by atoms with E-state index < -0.39 is 5.82 Å². The highest BCUT2D eigenvalue weighted by Gasteiger charge is 2.20. The van der Waals surface area contributed by atoms with Crippen molar-refractivity contribution in [2.75, 3.05) is 17.2 Å². The first-order chi connectivity index (χ1) is 9.54. The van der Waals surface area contributed by atoms with Gasteiger partial charge in [-0.15, -0.1) is 0 Å². The number of nitrogens with two attached hydrogens (primary N) is 1. The van der Waals surface area contributed by atoms with Crippen LogP contribution in [0.25, 0.3) is 0 Å². The first kappa shape index (κ1) is 14.1. The Balaban J connectivity index is 2.45. The van der Waals surface area contributed by atoms with Crippen LogP contribution in [-0.2, 0) is 0 Å². The summed E-state index contributed by atoms with van der Waals surface area (Å²) in [7, 11) is 0. The lowest BCUT2D eigenvalue weighted by Crippen LogP contribution is -2.32. The van der Waals surface area contributed by atoms with Crippen LogP contribution in [0.2, 0.25) is 0 Å². The molecule has 4 heteroatoms. The average Bonchev–Trinajstić information content (AvgIpc) is 2.44. The molecule has 0 spiro atoms. The van der Waals surface area contributed by atoms with Gasteiger partial charge in [-0.3, -0.25) is 4.79 Å². The molecule has 0 aliphatic carbocycles. The van der Waals surface area contributed by atoms with Crippen LogP contribution in [0, 0.1) is 12.7 Å². The molecule has 2 aromatic rings. The molecule has 2 aromatic carbocycles. The zero-order valence-electron chi connectivity index (χ0n) is 11.6. The van der Waals surface area contributed by atoms with Gasteiger partial charge in [0, 0.05) is 17.9 Å². The number of rotatable bonds is 3. The zero-order chi connectivity index (χ0) is 14.7. The van der Waals surface area contributed by atoms with Gasteiger partial charge in [-0.25, -0.2) is 4.39 Å². The number of para-hydroxylation sites is 1. The quantitative estimate of drug-likeness (QED) is 0.871. The summed E-state index contributed by atoms with van der Waals surface area (Å²) in [5, 5.41) is 0. The van der Waals surface area contributed by atoms with Crippen LogP contribution in [-0.4, -0.2) is 12.5 Å². The second-order valence-corrected chi connectivity index (χ2v) is 4.58. The predicted molar refractivity (Wildman–Crippen MR) is 79.3 cm³/mol. The van der Waals surface area contributed by atoms with Crippen molar-refractivity contribution in [3.63, 3.8) is 0 Å². The summed E-state index contributed by atoms with van der Waals surface area (Å²) in [6.45, 7) is 4.23. The van der Waals surface area contributed by atoms with E-state index in [1.807, 2.05) is 38.1 Å². The van der Waals surface area contributed by atoms with Crippen molar-refractivity contribution in [2.24, 2.45) is 0 Å². The Morgan fingerprint density at radius 2 is 1.95 bits per heavy atom. The highest BCUT2D eigenvalue weighted by molar-refractivity contribution is 6.07. The van der Waals surface area contributed by atoms with Crippen molar-refractivity contribution in [3.05, 3.63) is 59.4 Å². The van der Waals surface area contributed by atoms with Gasteiger partial charge in [-0.1, -0.05) is 18.2 Å². The Morgan fingerprint density at radius 3 is 2.60 bits per heavy atom. The average molecular weight is 272 g/mol. The number of carbonyl (C=O) groups is 1. The minimum absolute atomic E-state index is 0.00453. The summed E-state index contributed by atoms with van der Waals surface area (Å²) in [5.74, 6) is -0.942. The first-order valence-corrected chi connectivity index (χ1v) is 6.47. The Hall–Kier alpha value is -2.36. The molecule has 0 bridgehead atoms. The molecule has 0 aliphatic rings. The molecule has 0 heterocycles. The lowest BCUT2D eigenvalue weighted by atomic mass is 10.1. The normalized spacial score (nSPS) is 10.3. The van der Waals surface area contributed by atoms with E-state index in [-0.39, 0.29) is 11.5 Å². The fraction of sp³-hybridized carbons (Fsp3) is 0.188. The maximum absolute atomic E-state index is 13.8. The molecule has 0 radical (unpaired) electrons. The third kappa shape index (κ3) is 2.64. The molecular formula is C16H17FN2O. The van der Waals surface area contributed by atoms with Crippen LogP contribution in [0.3, 0.4) is 0 Å². The molecule has 104 valence electrons. The smallest absolute Gasteiger partial charge is 0.261 e. The summed E-state index contributed by atoms with van der Waals surface area (Å²) < 4.78 is 13.8. The lowest BCUT2D eigenvalue weighted by molar-refractivity contribution is 0.0984. The Kier molecular flexibility index (Phi) is 4.03. The number of amides is 1. The van der Waals surface area contributed by atoms with E-state index in [0.717, 1.165) is 11.3 Å². The summed E-state index contributed by atoms with van der Waals surface area (Å²) in [5.41, 5.74) is 7.75. The van der Waals surface area contributed by atoms with E-state index >= 15 is 0 Å². The van der Waals surface area contributed by atoms with E-state index in [2.05, 4.69) is 0 Å². The number of anilines is 2. The van der Waals surface area contributed by atoms with E-state index in [0.29, 0.717) is 12.2 Å². The maximum atomic E-state index is 13.8. The highest BCUT2D eigenvalue weighted by Crippen LogP contribution is 2.23. The molecule has 3 nitrogen and oxygen atoms in total. The standard InChI is InChI=1S/C16H17FN2O/c1-3-19(15-7-5-4-6-11(15)2)16(20)13-10-12(18)8-9-14(13)17/h4-10H,3,18H2,1-2H3. The van der Waals surface area contributed by atoms with Crippen LogP contribution in [0.15, 0.2) is 42.5 Å². The van der Waals surface area contributed by atoms with Gasteiger partial charge in [0.05, 0.1) is 5.56 Å². The Morgan fingerprint density at radius 1 is 1.25 bits per heavy atom. The van der Waals surface area contributed by atoms with Crippen LogP contribution in [0.5, 0.6) is 0 Å². The number of carbonyl (C=O) groups excluding carboxylic acids is 1. The zero-order valence-corrected chi connectivity index (χ0v) is 11.6. The Bertz CT molecular complexity index is 640. The molecule has 0 aromatic heterocycles. The number of benzene rings is 2. The molecule has 2 N–H and O–H groups in total. The fourth-order valence-electron chi connectivity index (χ4n) is 2.14. The minimum Gasteiger partial charge on any atom is -0.399 e. The Labute approximate surface area is 117 Å². The number of hydrogen-bond donors (Lipinski definition) is 1. The second kappa shape index (κ2) is 5.74. The van der Waals surface area contributed by atoms with Gasteiger partial charge >= 0.3 is 0 Å². The third-order valence-electron chi connectivity index (χ3n) is 3.19. The van der Waals surface area contributed by atoms with Crippen molar-refractivity contribution >= 4 is 17.3 Å². The molecule has 0 aliphatic heterocycles. The van der Waals surface area contributed by atoms with Crippen molar-refractivity contribution in [1.82, 2.24) is 0 Å². The third-order valence-corrected chi connectivity index (χ3v) is 3.19. The molecule has 0 fully saturated rings. The van der Waals surface area contributed by atoms with Gasteiger partial charge in [-0.05, 0) is 43.7 Å². The summed E-state index contributed by atoms with van der Waals surface area (Å²) in [6.07, 6.45) is 0.